The zero-order chi connectivity index (χ0) is 17.1. The molecule has 2 atom stereocenters. The Hall–Kier alpha value is -0.691. The van der Waals surface area contributed by atoms with E-state index in [4.69, 9.17) is 8.71 Å². The third-order valence-corrected chi connectivity index (χ3v) is 3.10. The van der Waals surface area contributed by atoms with E-state index in [9.17, 15) is 5.21 Å². The second kappa shape index (κ2) is 11.9. The van der Waals surface area contributed by atoms with Crippen molar-refractivity contribution >= 4 is 11.4 Å². The van der Waals surface area contributed by atoms with Crippen LogP contribution in [0.3, 0.4) is 0 Å². The van der Waals surface area contributed by atoms with Crippen LogP contribution < -0.4 is 0 Å². The van der Waals surface area contributed by atoms with Gasteiger partial charge in [0.2, 0.25) is 0 Å². The molecule has 0 bridgehead atoms. The summed E-state index contributed by atoms with van der Waals surface area (Å²) in [5.41, 5.74) is 0.987. The van der Waals surface area contributed by atoms with Crippen molar-refractivity contribution in [1.82, 2.24) is 0 Å². The summed E-state index contributed by atoms with van der Waals surface area (Å²) in [5, 5.41) is 34.0. The van der Waals surface area contributed by atoms with Gasteiger partial charge in [-0.3, -0.25) is 0 Å². The van der Waals surface area contributed by atoms with Gasteiger partial charge in [-0.25, -0.2) is 0 Å². The molecule has 7 nitrogen and oxygen atoms in total. The fourth-order valence-corrected chi connectivity index (χ4v) is 1.24. The number of rotatable bonds is 8. The van der Waals surface area contributed by atoms with Crippen molar-refractivity contribution in [3.8, 4) is 0 Å². The predicted octanol–water partition coefficient (Wildman–Crippen LogP) is 3.22. The first-order valence-corrected chi connectivity index (χ1v) is 7.33. The van der Waals surface area contributed by atoms with E-state index in [0.29, 0.717) is 24.5 Å². The van der Waals surface area contributed by atoms with E-state index in [-0.39, 0.29) is 17.5 Å². The van der Waals surface area contributed by atoms with Crippen LogP contribution >= 0.6 is 0 Å². The molecule has 8 heteroatoms. The normalized spacial score (nSPS) is 15.9. The zero-order valence-electron chi connectivity index (χ0n) is 13.5. The average Bonchev–Trinajstić information content (AvgIpc) is 2.50. The van der Waals surface area contributed by atoms with E-state index in [2.05, 4.69) is 34.8 Å². The summed E-state index contributed by atoms with van der Waals surface area (Å²) in [6.45, 7) is 12.5. The standard InChI is InChI=1S/C13H26N4O2.O.Tc/c1-9(11(3)16-18)14-7-13(5,6)8-15-10(2)12(4)17-19;;/h9-10,18-19H,7-8H2,1-6H3;;/q-2;;+3/p-1/b16-11-,17-12+;;/i;;1+1. The Labute approximate surface area is 137 Å². The van der Waals surface area contributed by atoms with Crippen molar-refractivity contribution in [2.45, 2.75) is 53.6 Å². The summed E-state index contributed by atoms with van der Waals surface area (Å²) in [6, 6.07) is -0.262. The van der Waals surface area contributed by atoms with Gasteiger partial charge in [0.15, 0.2) is 0 Å². The molecular weight excluding hydrogens is 359 g/mol. The molecule has 0 amide bonds. The third-order valence-electron chi connectivity index (χ3n) is 3.10. The van der Waals surface area contributed by atoms with Crippen molar-refractivity contribution in [1.29, 1.82) is 0 Å². The maximum atomic E-state index is 10.4. The minimum atomic E-state index is -0.157. The number of hydrogen-bond donors (Lipinski definition) is 1. The fraction of sp³-hybridized carbons (Fsp3) is 0.846. The summed E-state index contributed by atoms with van der Waals surface area (Å²) in [5.74, 6) is 0. The van der Waals surface area contributed by atoms with Gasteiger partial charge in [-0.15, -0.1) is 24.3 Å². The van der Waals surface area contributed by atoms with Crippen LogP contribution in [0.1, 0.15) is 41.5 Å². The summed E-state index contributed by atoms with van der Waals surface area (Å²) in [4.78, 5) is 0. The monoisotopic (exact) mass is 384 g/mol. The Morgan fingerprint density at radius 3 is 1.86 bits per heavy atom. The van der Waals surface area contributed by atoms with Crippen LogP contribution in [0.15, 0.2) is 10.3 Å². The number of nitrogens with zero attached hydrogens (tertiary/aromatic N) is 4. The first kappa shape index (κ1) is 22.6. The fourth-order valence-electron chi connectivity index (χ4n) is 1.24. The molecule has 0 aliphatic carbocycles. The molecule has 0 aliphatic heterocycles. The Morgan fingerprint density at radius 1 is 1.14 bits per heavy atom. The SMILES string of the molecule is C/C(=N/[O-])C(C)[N-]CC(C)(C)C[N-]C(C)/C(C)=N/O.[O]=[99Tc+3]. The molecule has 21 heavy (non-hydrogen) atoms. The van der Waals surface area contributed by atoms with Gasteiger partial charge in [0.05, 0.1) is 0 Å². The molecule has 2 unspecified atom stereocenters. The van der Waals surface area contributed by atoms with Crippen LogP contribution in [-0.4, -0.2) is 41.8 Å². The molecule has 0 aromatic rings. The molecule has 1 N–H and O–H groups in total. The number of oxime groups is 1. The minimum absolute atomic E-state index is 0.0958. The Morgan fingerprint density at radius 2 is 1.52 bits per heavy atom. The van der Waals surface area contributed by atoms with Gasteiger partial charge in [-0.05, 0) is 19.6 Å². The van der Waals surface area contributed by atoms with Crippen LogP contribution in [0, 0.1) is 10.6 Å². The van der Waals surface area contributed by atoms with E-state index < -0.39 is 0 Å². The molecule has 122 valence electrons. The summed E-state index contributed by atoms with van der Waals surface area (Å²) in [7, 11) is 0. The molecule has 0 aromatic carbocycles. The summed E-state index contributed by atoms with van der Waals surface area (Å²) in [6.07, 6.45) is 0. The Balaban J connectivity index is 0. The van der Waals surface area contributed by atoms with Crippen LogP contribution in [0.25, 0.3) is 10.6 Å². The van der Waals surface area contributed by atoms with Crippen LogP contribution in [0.5, 0.6) is 0 Å². The molecule has 0 saturated heterocycles. The van der Waals surface area contributed by atoms with Crippen molar-refractivity contribution < 1.29 is 27.6 Å². The molecule has 0 rings (SSSR count). The summed E-state index contributed by atoms with van der Waals surface area (Å²) < 4.78 is 8.22. The van der Waals surface area contributed by atoms with Gasteiger partial charge in [0.1, 0.15) is 0 Å². The van der Waals surface area contributed by atoms with E-state index in [0.717, 1.165) is 18.9 Å². The second-order valence-corrected chi connectivity index (χ2v) is 5.67. The predicted molar refractivity (Wildman–Crippen MR) is 81.2 cm³/mol. The van der Waals surface area contributed by atoms with Crippen molar-refractivity contribution in [3.05, 3.63) is 15.8 Å². The first-order valence-electron chi connectivity index (χ1n) is 6.57. The van der Waals surface area contributed by atoms with Crippen LogP contribution in [0.4, 0.5) is 0 Å². The average molecular weight is 384 g/mol. The topological polar surface area (TPSA) is 113 Å². The molecular formula is C13H25N4O3Tc. The zero-order valence-corrected chi connectivity index (χ0v) is 15.4. The first-order chi connectivity index (χ1) is 9.73. The molecule has 0 saturated carbocycles. The van der Waals surface area contributed by atoms with Crippen LogP contribution in [-0.2, 0) is 22.4 Å². The van der Waals surface area contributed by atoms with Crippen molar-refractivity contribution in [2.75, 3.05) is 13.1 Å². The van der Waals surface area contributed by atoms with Gasteiger partial charge in [0.25, 0.3) is 0 Å². The quantitative estimate of drug-likeness (QED) is 0.394. The van der Waals surface area contributed by atoms with Crippen LogP contribution in [0.2, 0.25) is 0 Å². The Bertz CT molecular complexity index is 318. The van der Waals surface area contributed by atoms with E-state index in [1.54, 1.807) is 13.8 Å². The van der Waals surface area contributed by atoms with E-state index >= 15 is 0 Å². The molecule has 0 aromatic heterocycles. The molecule has 0 spiro atoms. The summed E-state index contributed by atoms with van der Waals surface area (Å²) >= 11 is 0.900. The van der Waals surface area contributed by atoms with E-state index in [1.807, 2.05) is 13.8 Å². The molecule has 0 heterocycles. The van der Waals surface area contributed by atoms with Crippen molar-refractivity contribution in [3.63, 3.8) is 0 Å². The number of hydrogen-bond acceptors (Lipinski definition) is 5. The van der Waals surface area contributed by atoms with Gasteiger partial charge in [-0.1, -0.05) is 39.2 Å². The van der Waals surface area contributed by atoms with E-state index in [1.165, 1.54) is 0 Å². The maximum absolute atomic E-state index is 10.4. The van der Waals surface area contributed by atoms with Gasteiger partial charge < -0.3 is 26.2 Å². The van der Waals surface area contributed by atoms with Crippen molar-refractivity contribution in [2.24, 2.45) is 15.7 Å². The molecule has 0 radical (unpaired) electrons. The van der Waals surface area contributed by atoms with Gasteiger partial charge in [0, 0.05) is 5.71 Å². The Kier molecular flexibility index (Phi) is 12.8. The van der Waals surface area contributed by atoms with Gasteiger partial charge >= 0.3 is 22.4 Å². The molecule has 0 aliphatic rings. The second-order valence-electron chi connectivity index (χ2n) is 5.67. The van der Waals surface area contributed by atoms with Gasteiger partial charge in [-0.2, -0.15) is 0 Å². The molecule has 0 fully saturated rings. The third kappa shape index (κ3) is 10.6.